The van der Waals surface area contributed by atoms with Gasteiger partial charge in [-0.2, -0.15) is 0 Å². The zero-order valence-electron chi connectivity index (χ0n) is 12.3. The molecule has 5 nitrogen and oxygen atoms in total. The minimum Gasteiger partial charge on any atom is -0.481 e. The Morgan fingerprint density at radius 1 is 1.40 bits per heavy atom. The number of piperidine rings is 1. The molecule has 0 bridgehead atoms. The van der Waals surface area contributed by atoms with E-state index in [4.69, 9.17) is 4.74 Å². The standard InChI is InChI=1S/C15H25NO4/c1-2-6-15(14(18)19)7-4-8-16(11-15)13(17)12-5-3-9-20-10-12/h12H,2-11H2,1H3,(H,18,19). The lowest BCUT2D eigenvalue weighted by molar-refractivity contribution is -0.157. The van der Waals surface area contributed by atoms with Gasteiger partial charge in [-0.3, -0.25) is 9.59 Å². The molecular weight excluding hydrogens is 258 g/mol. The van der Waals surface area contributed by atoms with Crippen LogP contribution in [0.3, 0.4) is 0 Å². The van der Waals surface area contributed by atoms with Crippen molar-refractivity contribution in [3.05, 3.63) is 0 Å². The maximum atomic E-state index is 12.5. The first-order valence-electron chi connectivity index (χ1n) is 7.69. The molecule has 2 fully saturated rings. The fourth-order valence-corrected chi connectivity index (χ4v) is 3.48. The number of carbonyl (C=O) groups is 2. The molecule has 2 rings (SSSR count). The van der Waals surface area contributed by atoms with Gasteiger partial charge < -0.3 is 14.7 Å². The summed E-state index contributed by atoms with van der Waals surface area (Å²) in [4.78, 5) is 25.9. The summed E-state index contributed by atoms with van der Waals surface area (Å²) < 4.78 is 5.38. The van der Waals surface area contributed by atoms with Crippen LogP contribution >= 0.6 is 0 Å². The Balaban J connectivity index is 2.04. The molecule has 0 aromatic rings. The van der Waals surface area contributed by atoms with E-state index in [0.717, 1.165) is 32.3 Å². The fraction of sp³-hybridized carbons (Fsp3) is 0.867. The number of likely N-dealkylation sites (tertiary alicyclic amines) is 1. The van der Waals surface area contributed by atoms with E-state index in [1.807, 2.05) is 6.92 Å². The molecule has 2 aliphatic heterocycles. The van der Waals surface area contributed by atoms with Crippen LogP contribution in [0.5, 0.6) is 0 Å². The molecule has 0 radical (unpaired) electrons. The molecule has 2 aliphatic rings. The second kappa shape index (κ2) is 6.57. The van der Waals surface area contributed by atoms with Crippen molar-refractivity contribution in [1.29, 1.82) is 0 Å². The van der Waals surface area contributed by atoms with Gasteiger partial charge >= 0.3 is 5.97 Å². The molecule has 0 saturated carbocycles. The number of carbonyl (C=O) groups excluding carboxylic acids is 1. The number of hydrogen-bond acceptors (Lipinski definition) is 3. The predicted molar refractivity (Wildman–Crippen MR) is 74.3 cm³/mol. The minimum absolute atomic E-state index is 0.0741. The Bertz CT molecular complexity index is 361. The molecule has 1 amide bonds. The highest BCUT2D eigenvalue weighted by atomic mass is 16.5. The van der Waals surface area contributed by atoms with Crippen molar-refractivity contribution in [2.24, 2.45) is 11.3 Å². The fourth-order valence-electron chi connectivity index (χ4n) is 3.48. The van der Waals surface area contributed by atoms with Crippen LogP contribution in [0.4, 0.5) is 0 Å². The van der Waals surface area contributed by atoms with Crippen molar-refractivity contribution in [3.63, 3.8) is 0 Å². The number of rotatable bonds is 4. The van der Waals surface area contributed by atoms with Gasteiger partial charge in [-0.25, -0.2) is 0 Å². The van der Waals surface area contributed by atoms with Crippen LogP contribution in [0.2, 0.25) is 0 Å². The Labute approximate surface area is 120 Å². The van der Waals surface area contributed by atoms with E-state index in [1.54, 1.807) is 4.90 Å². The average Bonchev–Trinajstić information content (AvgIpc) is 2.48. The van der Waals surface area contributed by atoms with E-state index in [1.165, 1.54) is 0 Å². The van der Waals surface area contributed by atoms with E-state index in [-0.39, 0.29) is 11.8 Å². The van der Waals surface area contributed by atoms with Gasteiger partial charge in [0.25, 0.3) is 0 Å². The smallest absolute Gasteiger partial charge is 0.311 e. The maximum Gasteiger partial charge on any atom is 0.311 e. The van der Waals surface area contributed by atoms with E-state index in [9.17, 15) is 14.7 Å². The normalized spacial score (nSPS) is 31.1. The molecular formula is C15H25NO4. The number of hydrogen-bond donors (Lipinski definition) is 1. The first-order chi connectivity index (χ1) is 9.59. The molecule has 0 aromatic heterocycles. The van der Waals surface area contributed by atoms with E-state index < -0.39 is 11.4 Å². The van der Waals surface area contributed by atoms with Gasteiger partial charge in [-0.15, -0.1) is 0 Å². The number of amides is 1. The molecule has 114 valence electrons. The SMILES string of the molecule is CCCC1(C(=O)O)CCCN(C(=O)C2CCCOC2)C1. The van der Waals surface area contributed by atoms with Gasteiger partial charge in [-0.05, 0) is 32.1 Å². The van der Waals surface area contributed by atoms with Crippen LogP contribution in [0, 0.1) is 11.3 Å². The lowest BCUT2D eigenvalue weighted by Crippen LogP contribution is -2.52. The number of carboxylic acid groups (broad SMARTS) is 1. The molecule has 2 unspecified atom stereocenters. The van der Waals surface area contributed by atoms with Crippen LogP contribution in [0.25, 0.3) is 0 Å². The minimum atomic E-state index is -0.753. The third-order valence-corrected chi connectivity index (χ3v) is 4.58. The summed E-state index contributed by atoms with van der Waals surface area (Å²) in [5.74, 6) is -0.738. The van der Waals surface area contributed by atoms with Crippen molar-refractivity contribution in [3.8, 4) is 0 Å². The monoisotopic (exact) mass is 283 g/mol. The lowest BCUT2D eigenvalue weighted by atomic mass is 9.76. The Kier molecular flexibility index (Phi) is 5.02. The molecule has 2 saturated heterocycles. The molecule has 0 spiro atoms. The van der Waals surface area contributed by atoms with Gasteiger partial charge in [0.05, 0.1) is 17.9 Å². The summed E-state index contributed by atoms with van der Waals surface area (Å²) in [5.41, 5.74) is -0.738. The number of ether oxygens (including phenoxy) is 1. The van der Waals surface area contributed by atoms with Crippen molar-refractivity contribution in [2.45, 2.75) is 45.4 Å². The summed E-state index contributed by atoms with van der Waals surface area (Å²) >= 11 is 0. The van der Waals surface area contributed by atoms with E-state index in [2.05, 4.69) is 0 Å². The summed E-state index contributed by atoms with van der Waals surface area (Å²) in [6.07, 6.45) is 4.73. The van der Waals surface area contributed by atoms with Crippen molar-refractivity contribution in [1.82, 2.24) is 4.90 Å². The number of carboxylic acids is 1. The summed E-state index contributed by atoms with van der Waals surface area (Å²) in [7, 11) is 0. The third kappa shape index (κ3) is 3.14. The van der Waals surface area contributed by atoms with Crippen LogP contribution < -0.4 is 0 Å². The number of nitrogens with zero attached hydrogens (tertiary/aromatic N) is 1. The zero-order chi connectivity index (χ0) is 14.6. The van der Waals surface area contributed by atoms with Crippen molar-refractivity contribution >= 4 is 11.9 Å². The molecule has 0 aromatic carbocycles. The highest BCUT2D eigenvalue weighted by Gasteiger charge is 2.43. The second-order valence-electron chi connectivity index (χ2n) is 6.11. The van der Waals surface area contributed by atoms with Gasteiger partial charge in [-0.1, -0.05) is 13.3 Å². The Hall–Kier alpha value is -1.10. The van der Waals surface area contributed by atoms with E-state index >= 15 is 0 Å². The molecule has 5 heteroatoms. The highest BCUT2D eigenvalue weighted by molar-refractivity contribution is 5.81. The maximum absolute atomic E-state index is 12.5. The first kappa shape index (κ1) is 15.3. The number of aliphatic carboxylic acids is 1. The molecule has 1 N–H and O–H groups in total. The topological polar surface area (TPSA) is 66.8 Å². The lowest BCUT2D eigenvalue weighted by Gasteiger charge is -2.41. The molecule has 0 aliphatic carbocycles. The molecule has 2 heterocycles. The quantitative estimate of drug-likeness (QED) is 0.856. The summed E-state index contributed by atoms with van der Waals surface area (Å²) in [5, 5.41) is 9.57. The van der Waals surface area contributed by atoms with Crippen LogP contribution in [0.1, 0.15) is 45.4 Å². The van der Waals surface area contributed by atoms with Crippen LogP contribution in [-0.2, 0) is 14.3 Å². The Morgan fingerprint density at radius 3 is 2.80 bits per heavy atom. The summed E-state index contributed by atoms with van der Waals surface area (Å²) in [6.45, 7) is 4.28. The van der Waals surface area contributed by atoms with Gasteiger partial charge in [0.15, 0.2) is 0 Å². The van der Waals surface area contributed by atoms with E-state index in [0.29, 0.717) is 32.5 Å². The van der Waals surface area contributed by atoms with Crippen molar-refractivity contribution in [2.75, 3.05) is 26.3 Å². The van der Waals surface area contributed by atoms with Gasteiger partial charge in [0, 0.05) is 19.7 Å². The first-order valence-corrected chi connectivity index (χ1v) is 7.69. The highest BCUT2D eigenvalue weighted by Crippen LogP contribution is 2.36. The zero-order valence-corrected chi connectivity index (χ0v) is 12.3. The largest absolute Gasteiger partial charge is 0.481 e. The molecule has 2 atom stereocenters. The third-order valence-electron chi connectivity index (χ3n) is 4.58. The Morgan fingerprint density at radius 2 is 2.20 bits per heavy atom. The average molecular weight is 283 g/mol. The van der Waals surface area contributed by atoms with Gasteiger partial charge in [0.1, 0.15) is 0 Å². The second-order valence-corrected chi connectivity index (χ2v) is 6.11. The molecule has 20 heavy (non-hydrogen) atoms. The van der Waals surface area contributed by atoms with Gasteiger partial charge in [0.2, 0.25) is 5.91 Å². The predicted octanol–water partition coefficient (Wildman–Crippen LogP) is 1.91. The van der Waals surface area contributed by atoms with Crippen LogP contribution in [0.15, 0.2) is 0 Å². The van der Waals surface area contributed by atoms with Crippen molar-refractivity contribution < 1.29 is 19.4 Å². The summed E-state index contributed by atoms with van der Waals surface area (Å²) in [6, 6.07) is 0. The van der Waals surface area contributed by atoms with Crippen LogP contribution in [-0.4, -0.2) is 48.2 Å².